The summed E-state index contributed by atoms with van der Waals surface area (Å²) in [5, 5.41) is 0. The third-order valence-corrected chi connectivity index (χ3v) is 3.92. The quantitative estimate of drug-likeness (QED) is 0.630. The Morgan fingerprint density at radius 1 is 1.14 bits per heavy atom. The Balaban J connectivity index is 2.19. The van der Waals surface area contributed by atoms with Gasteiger partial charge < -0.3 is 0 Å². The van der Waals surface area contributed by atoms with Gasteiger partial charge in [0.2, 0.25) is 0 Å². The highest BCUT2D eigenvalue weighted by atomic mass is 15.2. The maximum atomic E-state index is 5.76. The maximum Gasteiger partial charge on any atom is 0.0675 e. The molecule has 0 saturated heterocycles. The molecule has 0 aliphatic heterocycles. The Kier molecular flexibility index (Phi) is 5.48. The summed E-state index contributed by atoms with van der Waals surface area (Å²) in [6.45, 7) is 6.56. The van der Waals surface area contributed by atoms with E-state index in [1.807, 2.05) is 12.3 Å². The smallest absolute Gasteiger partial charge is 0.0675 e. The van der Waals surface area contributed by atoms with Crippen LogP contribution in [0.2, 0.25) is 0 Å². The monoisotopic (exact) mass is 283 g/mol. The lowest BCUT2D eigenvalue weighted by atomic mass is 9.96. The predicted octanol–water partition coefficient (Wildman–Crippen LogP) is 3.51. The Morgan fingerprint density at radius 3 is 2.43 bits per heavy atom. The van der Waals surface area contributed by atoms with Crippen molar-refractivity contribution in [2.75, 3.05) is 0 Å². The fourth-order valence-electron chi connectivity index (χ4n) is 2.57. The summed E-state index contributed by atoms with van der Waals surface area (Å²) in [6.07, 6.45) is 3.65. The number of hydrogen-bond acceptors (Lipinski definition) is 3. The summed E-state index contributed by atoms with van der Waals surface area (Å²) in [5.41, 5.74) is 7.85. The van der Waals surface area contributed by atoms with Gasteiger partial charge in [-0.25, -0.2) is 0 Å². The predicted molar refractivity (Wildman–Crippen MR) is 87.9 cm³/mol. The minimum Gasteiger partial charge on any atom is -0.271 e. The van der Waals surface area contributed by atoms with Crippen molar-refractivity contribution in [1.82, 2.24) is 10.4 Å². The normalized spacial score (nSPS) is 12.6. The number of aryl methyl sites for hydroxylation is 1. The third kappa shape index (κ3) is 3.90. The van der Waals surface area contributed by atoms with Gasteiger partial charge in [0, 0.05) is 6.20 Å². The molecule has 21 heavy (non-hydrogen) atoms. The highest BCUT2D eigenvalue weighted by Gasteiger charge is 2.15. The van der Waals surface area contributed by atoms with E-state index >= 15 is 0 Å². The average molecular weight is 283 g/mol. The molecular formula is C18H25N3. The van der Waals surface area contributed by atoms with E-state index < -0.39 is 0 Å². The van der Waals surface area contributed by atoms with Crippen LogP contribution < -0.4 is 11.3 Å². The van der Waals surface area contributed by atoms with Crippen molar-refractivity contribution in [2.24, 2.45) is 5.84 Å². The molecule has 3 nitrogen and oxygen atoms in total. The highest BCUT2D eigenvalue weighted by Crippen LogP contribution is 2.21. The van der Waals surface area contributed by atoms with Crippen molar-refractivity contribution in [3.05, 3.63) is 65.0 Å². The Labute approximate surface area is 127 Å². The van der Waals surface area contributed by atoms with E-state index in [0.29, 0.717) is 5.92 Å². The van der Waals surface area contributed by atoms with Crippen LogP contribution in [-0.2, 0) is 12.8 Å². The van der Waals surface area contributed by atoms with Crippen molar-refractivity contribution in [3.8, 4) is 0 Å². The number of hydrazine groups is 1. The molecule has 2 aromatic rings. The van der Waals surface area contributed by atoms with Crippen molar-refractivity contribution >= 4 is 0 Å². The summed E-state index contributed by atoms with van der Waals surface area (Å²) in [7, 11) is 0. The number of pyridine rings is 1. The first-order valence-corrected chi connectivity index (χ1v) is 7.64. The van der Waals surface area contributed by atoms with Gasteiger partial charge in [-0.2, -0.15) is 0 Å². The fraction of sp³-hybridized carbons (Fsp3) is 0.389. The van der Waals surface area contributed by atoms with Crippen LogP contribution in [0, 0.1) is 0 Å². The van der Waals surface area contributed by atoms with Crippen molar-refractivity contribution in [3.63, 3.8) is 0 Å². The molecule has 1 aromatic heterocycles. The second-order valence-electron chi connectivity index (χ2n) is 5.72. The fourth-order valence-corrected chi connectivity index (χ4v) is 2.57. The SMILES string of the molecule is CCc1cccnc1C(Cc1ccc(C(C)C)cc1)NN. The van der Waals surface area contributed by atoms with Gasteiger partial charge >= 0.3 is 0 Å². The number of aromatic nitrogens is 1. The Hall–Kier alpha value is -1.71. The summed E-state index contributed by atoms with van der Waals surface area (Å²) in [5.74, 6) is 6.32. The van der Waals surface area contributed by atoms with Crippen LogP contribution in [0.15, 0.2) is 42.6 Å². The van der Waals surface area contributed by atoms with E-state index in [4.69, 9.17) is 5.84 Å². The number of nitrogens with zero attached hydrogens (tertiary/aromatic N) is 1. The van der Waals surface area contributed by atoms with Gasteiger partial charge in [-0.15, -0.1) is 0 Å². The average Bonchev–Trinajstić information content (AvgIpc) is 2.53. The van der Waals surface area contributed by atoms with Crippen molar-refractivity contribution in [1.29, 1.82) is 0 Å². The van der Waals surface area contributed by atoms with Crippen LogP contribution in [0.25, 0.3) is 0 Å². The van der Waals surface area contributed by atoms with Gasteiger partial charge in [0.1, 0.15) is 0 Å². The Bertz CT molecular complexity index is 561. The second-order valence-corrected chi connectivity index (χ2v) is 5.72. The van der Waals surface area contributed by atoms with E-state index in [1.165, 1.54) is 16.7 Å². The van der Waals surface area contributed by atoms with Gasteiger partial charge in [-0.1, -0.05) is 51.1 Å². The molecule has 1 atom stereocenters. The molecule has 3 heteroatoms. The number of rotatable bonds is 6. The first-order valence-electron chi connectivity index (χ1n) is 7.64. The molecule has 0 aliphatic rings. The summed E-state index contributed by atoms with van der Waals surface area (Å²) < 4.78 is 0. The molecule has 0 amide bonds. The van der Waals surface area contributed by atoms with Gasteiger partial charge in [0.25, 0.3) is 0 Å². The van der Waals surface area contributed by atoms with Crippen LogP contribution in [0.5, 0.6) is 0 Å². The lowest BCUT2D eigenvalue weighted by Crippen LogP contribution is -2.31. The van der Waals surface area contributed by atoms with Crippen LogP contribution in [0.3, 0.4) is 0 Å². The molecule has 0 spiro atoms. The molecule has 0 radical (unpaired) electrons. The van der Waals surface area contributed by atoms with Crippen molar-refractivity contribution in [2.45, 2.75) is 45.6 Å². The molecular weight excluding hydrogens is 258 g/mol. The molecule has 1 heterocycles. The molecule has 2 rings (SSSR count). The zero-order chi connectivity index (χ0) is 15.2. The molecule has 1 unspecified atom stereocenters. The topological polar surface area (TPSA) is 50.9 Å². The maximum absolute atomic E-state index is 5.76. The number of hydrogen-bond donors (Lipinski definition) is 2. The second kappa shape index (κ2) is 7.34. The molecule has 3 N–H and O–H groups in total. The van der Waals surface area contributed by atoms with E-state index in [1.54, 1.807) is 0 Å². The Morgan fingerprint density at radius 2 is 1.86 bits per heavy atom. The number of nitrogens with one attached hydrogen (secondary N) is 1. The molecule has 0 saturated carbocycles. The summed E-state index contributed by atoms with van der Waals surface area (Å²) in [6, 6.07) is 12.9. The van der Waals surface area contributed by atoms with Crippen LogP contribution in [0.1, 0.15) is 55.1 Å². The van der Waals surface area contributed by atoms with Gasteiger partial charge in [0.05, 0.1) is 11.7 Å². The molecule has 0 fully saturated rings. The van der Waals surface area contributed by atoms with Gasteiger partial charge in [0.15, 0.2) is 0 Å². The van der Waals surface area contributed by atoms with Crippen LogP contribution >= 0.6 is 0 Å². The van der Waals surface area contributed by atoms with Crippen LogP contribution in [-0.4, -0.2) is 4.98 Å². The molecule has 0 bridgehead atoms. The largest absolute Gasteiger partial charge is 0.271 e. The minimum absolute atomic E-state index is 0.0473. The van der Waals surface area contributed by atoms with E-state index in [9.17, 15) is 0 Å². The van der Waals surface area contributed by atoms with E-state index in [-0.39, 0.29) is 6.04 Å². The number of nitrogens with two attached hydrogens (primary N) is 1. The lowest BCUT2D eigenvalue weighted by Gasteiger charge is -2.18. The minimum atomic E-state index is 0.0473. The van der Waals surface area contributed by atoms with Crippen LogP contribution in [0.4, 0.5) is 0 Å². The molecule has 112 valence electrons. The van der Waals surface area contributed by atoms with E-state index in [0.717, 1.165) is 18.5 Å². The van der Waals surface area contributed by atoms with Gasteiger partial charge in [-0.05, 0) is 41.5 Å². The molecule has 1 aromatic carbocycles. The molecule has 0 aliphatic carbocycles. The zero-order valence-electron chi connectivity index (χ0n) is 13.1. The number of benzene rings is 1. The third-order valence-electron chi connectivity index (χ3n) is 3.92. The van der Waals surface area contributed by atoms with Crippen molar-refractivity contribution < 1.29 is 0 Å². The van der Waals surface area contributed by atoms with Gasteiger partial charge in [-0.3, -0.25) is 16.3 Å². The lowest BCUT2D eigenvalue weighted by molar-refractivity contribution is 0.533. The standard InChI is InChI=1S/C18H25N3/c1-4-15-6-5-11-20-18(15)17(21-19)12-14-7-9-16(10-8-14)13(2)3/h5-11,13,17,21H,4,12,19H2,1-3H3. The summed E-state index contributed by atoms with van der Waals surface area (Å²) >= 11 is 0. The first kappa shape index (κ1) is 15.7. The summed E-state index contributed by atoms with van der Waals surface area (Å²) in [4.78, 5) is 4.52. The zero-order valence-corrected chi connectivity index (χ0v) is 13.1. The first-order chi connectivity index (χ1) is 10.2. The van der Waals surface area contributed by atoms with E-state index in [2.05, 4.69) is 61.5 Å². The highest BCUT2D eigenvalue weighted by molar-refractivity contribution is 5.28.